The van der Waals surface area contributed by atoms with Gasteiger partial charge in [-0.1, -0.05) is 178 Å². The summed E-state index contributed by atoms with van der Waals surface area (Å²) < 4.78 is 207. The minimum absolute atomic E-state index is 0.00691. The first-order valence-corrected chi connectivity index (χ1v) is 49.5. The van der Waals surface area contributed by atoms with E-state index >= 15 is 0 Å². The van der Waals surface area contributed by atoms with Gasteiger partial charge >= 0.3 is 0 Å². The molecule has 658 valence electrons. The van der Waals surface area contributed by atoms with Crippen LogP contribution in [0.1, 0.15) is 129 Å². The average molecular weight is 1930 g/mol. The standard InChI is InChI=1S/C21H24ClFN4O4S2.C21H24ClFN4O2S2.C20H21ClFN3O3S2.C19H18Cl2FN3O3S/c1-21(2,3)13-6-8-14(9-7-13)33(30,31)26-18-11-17(23)16(22)10-15(18)20-25-24-19(27(20)4)12-32(5,28)29;1-21(2,3)13-6-8-14(9-7-13)31(28,29)26-18-11-17(23)16(22)10-15(18)20-25-24-19(12-30-5)27(20)4;1-20(2,3)12-5-7-13(8-6-12)30(26,27)25-17-10-16(22)15(21)9-14(17)19-24-23-18(28-19)11-29-4;1-19(2,3)11-4-6-12(7-5-11)29(26,27)25-16-9-15(22)14(21)8-13(16)18-24-23-17(10-20)28-18/h6-11,26H,12H2,1-5H3;6-11,26H,12H2,1-5H3;5-10,25H,11H2,1-4H3;4-9,25H,10H2,1-3H3. The van der Waals surface area contributed by atoms with Crippen LogP contribution in [0.4, 0.5) is 40.3 Å². The van der Waals surface area contributed by atoms with Crippen LogP contribution in [-0.4, -0.2) is 111 Å². The zero-order valence-corrected chi connectivity index (χ0v) is 78.8. The van der Waals surface area contributed by atoms with E-state index in [2.05, 4.69) is 59.7 Å². The van der Waals surface area contributed by atoms with Gasteiger partial charge in [0.1, 0.15) is 46.6 Å². The van der Waals surface area contributed by atoms with Gasteiger partial charge in [-0.15, -0.1) is 52.4 Å². The smallest absolute Gasteiger partial charge is 0.261 e. The minimum Gasteiger partial charge on any atom is -0.420 e. The maximum Gasteiger partial charge on any atom is 0.261 e. The molecule has 0 aliphatic heterocycles. The number of halogens is 9. The molecule has 0 saturated heterocycles. The van der Waals surface area contributed by atoms with Crippen LogP contribution in [0.2, 0.25) is 20.1 Å². The average Bonchev–Trinajstić information content (AvgIpc) is 1.75. The normalized spacial score (nSPS) is 12.3. The van der Waals surface area contributed by atoms with Crippen molar-refractivity contribution in [2.24, 2.45) is 14.1 Å². The molecule has 4 heterocycles. The molecular formula is C81H87Cl5F4N14O12S7. The summed E-state index contributed by atoms with van der Waals surface area (Å²) in [5, 5.41) is 30.7. The summed E-state index contributed by atoms with van der Waals surface area (Å²) in [5.74, 6) is -0.575. The molecule has 12 rings (SSSR count). The number of hydrogen-bond acceptors (Lipinski definition) is 22. The van der Waals surface area contributed by atoms with Gasteiger partial charge in [0.2, 0.25) is 23.6 Å². The Morgan fingerprint density at radius 2 is 0.626 bits per heavy atom. The van der Waals surface area contributed by atoms with E-state index in [1.165, 1.54) is 96.2 Å². The van der Waals surface area contributed by atoms with Crippen molar-refractivity contribution in [3.63, 3.8) is 0 Å². The summed E-state index contributed by atoms with van der Waals surface area (Å²) in [4.78, 5) is 0.138. The van der Waals surface area contributed by atoms with Crippen LogP contribution in [-0.2, 0) is 109 Å². The van der Waals surface area contributed by atoms with Crippen LogP contribution in [0.25, 0.3) is 45.7 Å². The van der Waals surface area contributed by atoms with Crippen molar-refractivity contribution in [2.75, 3.05) is 37.7 Å². The first kappa shape index (κ1) is 97.9. The van der Waals surface area contributed by atoms with Gasteiger partial charge < -0.3 is 18.0 Å². The molecule has 0 amide bonds. The van der Waals surface area contributed by atoms with E-state index < -0.39 is 73.2 Å². The number of benzene rings is 8. The molecule has 4 aromatic heterocycles. The summed E-state index contributed by atoms with van der Waals surface area (Å²) in [6.07, 6.45) is 4.87. The number of alkyl halides is 1. The Labute approximate surface area is 746 Å². The number of thioether (sulfide) groups is 2. The molecule has 0 aliphatic carbocycles. The van der Waals surface area contributed by atoms with Gasteiger partial charge in [0.25, 0.3) is 40.1 Å². The van der Waals surface area contributed by atoms with Crippen molar-refractivity contribution in [1.82, 2.24) is 49.9 Å². The number of sulfonamides is 4. The lowest BCUT2D eigenvalue weighted by Gasteiger charge is -2.19. The molecule has 0 unspecified atom stereocenters. The van der Waals surface area contributed by atoms with E-state index in [-0.39, 0.29) is 142 Å². The molecule has 12 aromatic rings. The van der Waals surface area contributed by atoms with E-state index in [1.54, 1.807) is 71.9 Å². The van der Waals surface area contributed by atoms with Crippen LogP contribution >= 0.6 is 81.5 Å². The van der Waals surface area contributed by atoms with Gasteiger partial charge in [0.15, 0.2) is 21.5 Å². The third kappa shape index (κ3) is 25.1. The highest BCUT2D eigenvalue weighted by molar-refractivity contribution is 7.98. The minimum atomic E-state index is -4.08. The molecule has 123 heavy (non-hydrogen) atoms. The van der Waals surface area contributed by atoms with E-state index in [1.807, 2.05) is 95.6 Å². The molecule has 0 bridgehead atoms. The van der Waals surface area contributed by atoms with Crippen LogP contribution < -0.4 is 18.9 Å². The topological polar surface area (TPSA) is 358 Å². The fourth-order valence-corrected chi connectivity index (χ4v) is 18.0. The second-order valence-corrected chi connectivity index (χ2v) is 44.3. The summed E-state index contributed by atoms with van der Waals surface area (Å²) in [6, 6.07) is 35.0. The summed E-state index contributed by atoms with van der Waals surface area (Å²) in [7, 11) is -16.2. The SMILES string of the molecule is CC(C)(C)c1ccc(S(=O)(=O)Nc2cc(F)c(Cl)cc2-c2nnc(CCl)o2)cc1.CSCc1nnc(-c2cc(Cl)c(F)cc2NS(=O)(=O)c2ccc(C(C)(C)C)cc2)n1C.CSCc1nnc(-c2cc(Cl)c(F)cc2NS(=O)(=O)c2ccc(C(C)(C)C)cc2)o1.Cn1c(CS(C)(=O)=O)nnc1-c1cc(Cl)c(F)cc1NS(=O)(=O)c1ccc(C(C)(C)C)cc1. The number of nitrogens with one attached hydrogen (secondary N) is 4. The van der Waals surface area contributed by atoms with Gasteiger partial charge in [-0.05, 0) is 129 Å². The van der Waals surface area contributed by atoms with Gasteiger partial charge in [0, 0.05) is 55.7 Å². The molecule has 0 atom stereocenters. The number of nitrogens with zero attached hydrogens (tertiary/aromatic N) is 10. The maximum atomic E-state index is 14.3. The highest BCUT2D eigenvalue weighted by Crippen LogP contribution is 2.40. The van der Waals surface area contributed by atoms with Crippen LogP contribution in [0.5, 0.6) is 0 Å². The highest BCUT2D eigenvalue weighted by Gasteiger charge is 2.30. The molecule has 26 nitrogen and oxygen atoms in total. The predicted molar refractivity (Wildman–Crippen MR) is 479 cm³/mol. The molecule has 8 aromatic carbocycles. The monoisotopic (exact) mass is 1920 g/mol. The Morgan fingerprint density at radius 1 is 0.366 bits per heavy atom. The number of hydrogen-bond donors (Lipinski definition) is 4. The number of rotatable bonds is 23. The number of sulfone groups is 1. The third-order valence-electron chi connectivity index (χ3n) is 18.2. The maximum absolute atomic E-state index is 14.3. The van der Waals surface area contributed by atoms with Crippen molar-refractivity contribution in [3.8, 4) is 45.7 Å². The number of aromatic nitrogens is 10. The quantitative estimate of drug-likeness (QED) is 0.0341. The van der Waals surface area contributed by atoms with Crippen molar-refractivity contribution >= 4 is 154 Å². The highest BCUT2D eigenvalue weighted by atomic mass is 35.5. The lowest BCUT2D eigenvalue weighted by atomic mass is 9.87. The van der Waals surface area contributed by atoms with Crippen molar-refractivity contribution < 1.29 is 68.5 Å². The molecular weight excluding hydrogens is 1840 g/mol. The first-order chi connectivity index (χ1) is 57.0. The van der Waals surface area contributed by atoms with Gasteiger partial charge in [-0.3, -0.25) is 18.9 Å². The molecule has 0 radical (unpaired) electrons. The molecule has 42 heteroatoms. The van der Waals surface area contributed by atoms with E-state index in [0.717, 1.165) is 52.8 Å². The lowest BCUT2D eigenvalue weighted by molar-refractivity contribution is 0.527. The molecule has 0 fully saturated rings. The summed E-state index contributed by atoms with van der Waals surface area (Å²) in [6.45, 7) is 24.3. The molecule has 4 N–H and O–H groups in total. The Morgan fingerprint density at radius 3 is 0.894 bits per heavy atom. The van der Waals surface area contributed by atoms with Crippen molar-refractivity contribution in [2.45, 2.75) is 147 Å². The largest absolute Gasteiger partial charge is 0.420 e. The Balaban J connectivity index is 0.000000186. The van der Waals surface area contributed by atoms with E-state index in [4.69, 9.17) is 66.8 Å². The molecule has 0 aliphatic rings. The molecule has 0 spiro atoms. The van der Waals surface area contributed by atoms with Crippen LogP contribution in [0.15, 0.2) is 174 Å². The fraction of sp³-hybridized carbons (Fsp3) is 0.309. The fourth-order valence-electron chi connectivity index (χ4n) is 11.4. The number of anilines is 4. The third-order valence-corrected chi connectivity index (χ3v) is 27.0. The predicted octanol–water partition coefficient (Wildman–Crippen LogP) is 20.0. The van der Waals surface area contributed by atoms with Crippen LogP contribution in [0, 0.1) is 23.3 Å². The van der Waals surface area contributed by atoms with Crippen molar-refractivity contribution in [1.29, 1.82) is 0 Å². The van der Waals surface area contributed by atoms with Gasteiger partial charge in [0.05, 0.1) is 85.1 Å². The van der Waals surface area contributed by atoms with E-state index in [9.17, 15) is 59.7 Å². The second-order valence-electron chi connectivity index (χ2n) is 31.8. The Kier molecular flexibility index (Phi) is 31.0. The van der Waals surface area contributed by atoms with Crippen LogP contribution in [0.3, 0.4) is 0 Å². The van der Waals surface area contributed by atoms with Crippen molar-refractivity contribution in [3.05, 3.63) is 235 Å². The molecule has 0 saturated carbocycles. The van der Waals surface area contributed by atoms with Gasteiger partial charge in [-0.25, -0.2) is 59.7 Å². The summed E-state index contributed by atoms with van der Waals surface area (Å²) >= 11 is 32.4. The Hall–Kier alpha value is -8.86. The van der Waals surface area contributed by atoms with E-state index in [0.29, 0.717) is 34.6 Å². The lowest BCUT2D eigenvalue weighted by Crippen LogP contribution is -2.16. The first-order valence-electron chi connectivity index (χ1n) is 36.7. The zero-order valence-electron chi connectivity index (χ0n) is 69.3. The Bertz CT molecular complexity index is 6470. The summed E-state index contributed by atoms with van der Waals surface area (Å²) in [5.41, 5.74) is 4.02. The second kappa shape index (κ2) is 38.9. The van der Waals surface area contributed by atoms with Gasteiger partial charge in [-0.2, -0.15) is 23.5 Å². The zero-order chi connectivity index (χ0) is 91.2.